The monoisotopic (exact) mass is 287 g/mol. The molecule has 0 fully saturated rings. The molecular weight excluding hydrogens is 274 g/mol. The van der Waals surface area contributed by atoms with Gasteiger partial charge in [0.05, 0.1) is 13.7 Å². The van der Waals surface area contributed by atoms with Gasteiger partial charge in [-0.3, -0.25) is 4.79 Å². The van der Waals surface area contributed by atoms with Crippen molar-refractivity contribution in [1.29, 1.82) is 0 Å². The van der Waals surface area contributed by atoms with E-state index in [1.807, 2.05) is 12.1 Å². The first-order valence-corrected chi connectivity index (χ1v) is 6.31. The molecule has 0 unspecified atom stereocenters. The first-order valence-electron chi connectivity index (χ1n) is 6.31. The number of nitrogens with one attached hydrogen (secondary N) is 1. The Kier molecular flexibility index (Phi) is 3.31. The topological polar surface area (TPSA) is 90.4 Å². The van der Waals surface area contributed by atoms with E-state index in [4.69, 9.17) is 13.6 Å². The van der Waals surface area contributed by atoms with Gasteiger partial charge >= 0.3 is 0 Å². The van der Waals surface area contributed by atoms with Crippen LogP contribution in [0.25, 0.3) is 11.0 Å². The van der Waals surface area contributed by atoms with Crippen LogP contribution in [-0.4, -0.2) is 23.2 Å². The van der Waals surface area contributed by atoms with Gasteiger partial charge in [-0.2, -0.15) is 0 Å². The number of aryl methyl sites for hydroxylation is 1. The average Bonchev–Trinajstić information content (AvgIpc) is 3.10. The van der Waals surface area contributed by atoms with Crippen LogP contribution in [0.4, 0.5) is 0 Å². The summed E-state index contributed by atoms with van der Waals surface area (Å²) in [7, 11) is 1.55. The molecule has 2 aromatic heterocycles. The molecule has 2 heterocycles. The Morgan fingerprint density at radius 3 is 2.90 bits per heavy atom. The van der Waals surface area contributed by atoms with Crippen LogP contribution in [0.2, 0.25) is 0 Å². The molecule has 7 heteroatoms. The van der Waals surface area contributed by atoms with Crippen molar-refractivity contribution < 1.29 is 18.4 Å². The number of nitrogens with zero attached hydrogens (tertiary/aromatic N) is 2. The molecule has 3 rings (SSSR count). The molecule has 0 spiro atoms. The van der Waals surface area contributed by atoms with Crippen LogP contribution in [0.1, 0.15) is 22.3 Å². The Bertz CT molecular complexity index is 790. The number of hydrogen-bond acceptors (Lipinski definition) is 6. The maximum atomic E-state index is 12.1. The summed E-state index contributed by atoms with van der Waals surface area (Å²) in [5.41, 5.74) is 0.541. The van der Waals surface area contributed by atoms with Crippen LogP contribution in [0.15, 0.2) is 33.1 Å². The molecule has 0 atom stereocenters. The maximum absolute atomic E-state index is 12.1. The fraction of sp³-hybridized carbons (Fsp3) is 0.214. The van der Waals surface area contributed by atoms with Gasteiger partial charge in [0.15, 0.2) is 17.1 Å². The lowest BCUT2D eigenvalue weighted by Crippen LogP contribution is -2.22. The van der Waals surface area contributed by atoms with Crippen LogP contribution in [0, 0.1) is 6.92 Å². The summed E-state index contributed by atoms with van der Waals surface area (Å²) in [6, 6.07) is 7.11. The summed E-state index contributed by atoms with van der Waals surface area (Å²) in [6.07, 6.45) is 0. The van der Waals surface area contributed by atoms with E-state index in [0.29, 0.717) is 23.1 Å². The maximum Gasteiger partial charge on any atom is 0.287 e. The van der Waals surface area contributed by atoms with Gasteiger partial charge in [-0.25, -0.2) is 0 Å². The lowest BCUT2D eigenvalue weighted by molar-refractivity contribution is 0.0921. The standard InChI is InChI=1S/C14H13N3O4/c1-8-16-17-12(20-8)7-15-14(18)11-6-9-4-3-5-10(19-2)13(9)21-11/h3-6H,7H2,1-2H3,(H,15,18). The Balaban J connectivity index is 1.78. The summed E-state index contributed by atoms with van der Waals surface area (Å²) in [5, 5.41) is 10.9. The predicted octanol–water partition coefficient (Wildman–Crippen LogP) is 2.06. The third-order valence-electron chi connectivity index (χ3n) is 2.92. The van der Waals surface area contributed by atoms with Gasteiger partial charge in [-0.1, -0.05) is 12.1 Å². The van der Waals surface area contributed by atoms with Crippen LogP contribution >= 0.6 is 0 Å². The van der Waals surface area contributed by atoms with Crippen LogP contribution < -0.4 is 10.1 Å². The van der Waals surface area contributed by atoms with Crippen LogP contribution in [-0.2, 0) is 6.54 Å². The predicted molar refractivity (Wildman–Crippen MR) is 73.0 cm³/mol. The molecule has 0 saturated heterocycles. The second kappa shape index (κ2) is 5.28. The average molecular weight is 287 g/mol. The SMILES string of the molecule is COc1cccc2cc(C(=O)NCc3nnc(C)o3)oc12. The molecular formula is C14H13N3O4. The quantitative estimate of drug-likeness (QED) is 0.790. The smallest absolute Gasteiger partial charge is 0.287 e. The van der Waals surface area contributed by atoms with Crippen molar-refractivity contribution >= 4 is 16.9 Å². The number of benzene rings is 1. The fourth-order valence-corrected chi connectivity index (χ4v) is 1.96. The highest BCUT2D eigenvalue weighted by Gasteiger charge is 2.15. The number of amides is 1. The highest BCUT2D eigenvalue weighted by molar-refractivity contribution is 5.97. The molecule has 3 aromatic rings. The summed E-state index contributed by atoms with van der Waals surface area (Å²) >= 11 is 0. The largest absolute Gasteiger partial charge is 0.493 e. The van der Waals surface area contributed by atoms with Crippen LogP contribution in [0.5, 0.6) is 5.75 Å². The number of carbonyl (C=O) groups is 1. The van der Waals surface area contributed by atoms with Crippen molar-refractivity contribution in [2.75, 3.05) is 7.11 Å². The minimum Gasteiger partial charge on any atom is -0.493 e. The third-order valence-corrected chi connectivity index (χ3v) is 2.92. The molecule has 1 amide bonds. The number of ether oxygens (including phenoxy) is 1. The summed E-state index contributed by atoms with van der Waals surface area (Å²) < 4.78 is 15.9. The van der Waals surface area contributed by atoms with Crippen molar-refractivity contribution in [3.63, 3.8) is 0 Å². The van der Waals surface area contributed by atoms with E-state index in [-0.39, 0.29) is 18.2 Å². The van der Waals surface area contributed by atoms with E-state index >= 15 is 0 Å². The number of aromatic nitrogens is 2. The Labute approximate surface area is 119 Å². The number of rotatable bonds is 4. The van der Waals surface area contributed by atoms with Crippen molar-refractivity contribution in [2.45, 2.75) is 13.5 Å². The van der Waals surface area contributed by atoms with E-state index in [0.717, 1.165) is 5.39 Å². The zero-order valence-corrected chi connectivity index (χ0v) is 11.5. The highest BCUT2D eigenvalue weighted by Crippen LogP contribution is 2.28. The zero-order valence-electron chi connectivity index (χ0n) is 11.5. The molecule has 1 N–H and O–H groups in total. The van der Waals surface area contributed by atoms with E-state index < -0.39 is 0 Å². The molecule has 0 aliphatic carbocycles. The molecule has 0 aliphatic rings. The number of furan rings is 1. The Morgan fingerprint density at radius 2 is 2.19 bits per heavy atom. The molecule has 108 valence electrons. The first-order chi connectivity index (χ1) is 10.2. The number of fused-ring (bicyclic) bond motifs is 1. The lowest BCUT2D eigenvalue weighted by Gasteiger charge is -1.99. The van der Waals surface area contributed by atoms with Gasteiger partial charge in [0.2, 0.25) is 11.8 Å². The van der Waals surface area contributed by atoms with E-state index in [2.05, 4.69) is 15.5 Å². The second-order valence-corrected chi connectivity index (χ2v) is 4.39. The second-order valence-electron chi connectivity index (χ2n) is 4.39. The van der Waals surface area contributed by atoms with Gasteiger partial charge in [-0.15, -0.1) is 10.2 Å². The zero-order chi connectivity index (χ0) is 14.8. The lowest BCUT2D eigenvalue weighted by atomic mass is 10.2. The Hall–Kier alpha value is -2.83. The number of carbonyl (C=O) groups excluding carboxylic acids is 1. The summed E-state index contributed by atoms with van der Waals surface area (Å²) in [6.45, 7) is 1.83. The van der Waals surface area contributed by atoms with Gasteiger partial charge in [0.1, 0.15) is 0 Å². The van der Waals surface area contributed by atoms with Gasteiger partial charge in [-0.05, 0) is 12.1 Å². The minimum absolute atomic E-state index is 0.147. The van der Waals surface area contributed by atoms with E-state index in [1.54, 1.807) is 26.2 Å². The number of methoxy groups -OCH3 is 1. The van der Waals surface area contributed by atoms with E-state index in [1.165, 1.54) is 0 Å². The fourth-order valence-electron chi connectivity index (χ4n) is 1.96. The number of hydrogen-bond donors (Lipinski definition) is 1. The van der Waals surface area contributed by atoms with Crippen molar-refractivity contribution in [3.8, 4) is 5.75 Å². The highest BCUT2D eigenvalue weighted by atomic mass is 16.5. The van der Waals surface area contributed by atoms with Gasteiger partial charge in [0, 0.05) is 12.3 Å². The minimum atomic E-state index is -0.357. The Morgan fingerprint density at radius 1 is 1.33 bits per heavy atom. The third kappa shape index (κ3) is 2.58. The normalized spacial score (nSPS) is 10.8. The molecule has 0 bridgehead atoms. The molecule has 1 aromatic carbocycles. The first kappa shape index (κ1) is 13.2. The summed E-state index contributed by atoms with van der Waals surface area (Å²) in [4.78, 5) is 12.1. The molecule has 0 radical (unpaired) electrons. The van der Waals surface area contributed by atoms with Crippen molar-refractivity contribution in [3.05, 3.63) is 41.8 Å². The van der Waals surface area contributed by atoms with Crippen LogP contribution in [0.3, 0.4) is 0 Å². The number of para-hydroxylation sites is 1. The van der Waals surface area contributed by atoms with Crippen molar-refractivity contribution in [2.24, 2.45) is 0 Å². The molecule has 21 heavy (non-hydrogen) atoms. The molecule has 0 saturated carbocycles. The molecule has 0 aliphatic heterocycles. The van der Waals surface area contributed by atoms with Gasteiger partial charge in [0.25, 0.3) is 5.91 Å². The molecule has 7 nitrogen and oxygen atoms in total. The van der Waals surface area contributed by atoms with Crippen molar-refractivity contribution in [1.82, 2.24) is 15.5 Å². The van der Waals surface area contributed by atoms with E-state index in [9.17, 15) is 4.79 Å². The van der Waals surface area contributed by atoms with Gasteiger partial charge < -0.3 is 18.9 Å². The summed E-state index contributed by atoms with van der Waals surface area (Å²) in [5.74, 6) is 1.22.